The maximum atomic E-state index is 13.6. The SMILES string of the molecule is CCn1c(-c2ccc(OC)cc2Cl)nc(C)c(N[C@@H]2c3ccccc3C[C@@H]2OC(C)=O)c1=O. The minimum Gasteiger partial charge on any atom is -0.497 e. The summed E-state index contributed by atoms with van der Waals surface area (Å²) in [5, 5.41) is 3.80. The molecular formula is C25H26ClN3O4. The van der Waals surface area contributed by atoms with Gasteiger partial charge >= 0.3 is 5.97 Å². The molecule has 1 N–H and O–H groups in total. The van der Waals surface area contributed by atoms with Gasteiger partial charge in [-0.15, -0.1) is 0 Å². The summed E-state index contributed by atoms with van der Waals surface area (Å²) >= 11 is 6.48. The van der Waals surface area contributed by atoms with Gasteiger partial charge in [0.15, 0.2) is 0 Å². The fraction of sp³-hybridized carbons (Fsp3) is 0.320. The Bertz CT molecular complexity index is 1270. The molecule has 0 spiro atoms. The number of benzene rings is 2. The molecule has 0 amide bonds. The van der Waals surface area contributed by atoms with Crippen molar-refractivity contribution in [1.82, 2.24) is 9.55 Å². The average Bonchev–Trinajstić information content (AvgIpc) is 3.12. The van der Waals surface area contributed by atoms with Gasteiger partial charge in [0.25, 0.3) is 5.56 Å². The second-order valence-corrected chi connectivity index (χ2v) is 8.37. The third kappa shape index (κ3) is 4.33. The lowest BCUT2D eigenvalue weighted by Gasteiger charge is -2.24. The molecule has 2 aromatic carbocycles. The molecule has 172 valence electrons. The molecular weight excluding hydrogens is 442 g/mol. The predicted molar refractivity (Wildman–Crippen MR) is 128 cm³/mol. The van der Waals surface area contributed by atoms with E-state index < -0.39 is 6.10 Å². The van der Waals surface area contributed by atoms with E-state index in [2.05, 4.69) is 5.32 Å². The van der Waals surface area contributed by atoms with Crippen LogP contribution in [0.5, 0.6) is 5.75 Å². The number of nitrogens with zero attached hydrogens (tertiary/aromatic N) is 2. The summed E-state index contributed by atoms with van der Waals surface area (Å²) in [4.78, 5) is 30.0. The van der Waals surface area contributed by atoms with Gasteiger partial charge in [-0.3, -0.25) is 14.2 Å². The summed E-state index contributed by atoms with van der Waals surface area (Å²) in [6, 6.07) is 12.8. The highest BCUT2D eigenvalue weighted by Crippen LogP contribution is 2.36. The molecule has 8 heteroatoms. The molecule has 2 atom stereocenters. The Morgan fingerprint density at radius 1 is 1.27 bits per heavy atom. The number of fused-ring (bicyclic) bond motifs is 1. The summed E-state index contributed by atoms with van der Waals surface area (Å²) in [6.07, 6.45) is 0.172. The van der Waals surface area contributed by atoms with Gasteiger partial charge in [0.2, 0.25) is 0 Å². The van der Waals surface area contributed by atoms with E-state index >= 15 is 0 Å². The zero-order valence-electron chi connectivity index (χ0n) is 19.0. The van der Waals surface area contributed by atoms with Crippen LogP contribution >= 0.6 is 11.6 Å². The van der Waals surface area contributed by atoms with Gasteiger partial charge < -0.3 is 14.8 Å². The fourth-order valence-corrected chi connectivity index (χ4v) is 4.59. The van der Waals surface area contributed by atoms with E-state index in [1.54, 1.807) is 36.8 Å². The lowest BCUT2D eigenvalue weighted by atomic mass is 10.1. The van der Waals surface area contributed by atoms with Gasteiger partial charge in [0.05, 0.1) is 23.9 Å². The number of aromatic nitrogens is 2. The number of nitrogens with one attached hydrogen (secondary N) is 1. The van der Waals surface area contributed by atoms with Crippen LogP contribution in [0.15, 0.2) is 47.3 Å². The van der Waals surface area contributed by atoms with Crippen molar-refractivity contribution in [2.75, 3.05) is 12.4 Å². The van der Waals surface area contributed by atoms with Crippen molar-refractivity contribution in [2.45, 2.75) is 45.9 Å². The molecule has 4 rings (SSSR count). The molecule has 0 fully saturated rings. The Morgan fingerprint density at radius 2 is 2.03 bits per heavy atom. The highest BCUT2D eigenvalue weighted by atomic mass is 35.5. The number of rotatable bonds is 6. The molecule has 0 aliphatic heterocycles. The maximum Gasteiger partial charge on any atom is 0.302 e. The molecule has 33 heavy (non-hydrogen) atoms. The molecule has 0 bridgehead atoms. The van der Waals surface area contributed by atoms with Crippen molar-refractivity contribution in [3.63, 3.8) is 0 Å². The molecule has 0 saturated carbocycles. The van der Waals surface area contributed by atoms with Gasteiger partial charge in [-0.05, 0) is 43.2 Å². The van der Waals surface area contributed by atoms with Gasteiger partial charge in [-0.25, -0.2) is 4.98 Å². The minimum atomic E-state index is -0.413. The van der Waals surface area contributed by atoms with Crippen LogP contribution in [0.25, 0.3) is 11.4 Å². The van der Waals surface area contributed by atoms with Gasteiger partial charge in [-0.2, -0.15) is 0 Å². The smallest absolute Gasteiger partial charge is 0.302 e. The predicted octanol–water partition coefficient (Wildman–Crippen LogP) is 4.54. The van der Waals surface area contributed by atoms with Crippen LogP contribution in [0, 0.1) is 6.92 Å². The van der Waals surface area contributed by atoms with E-state index in [4.69, 9.17) is 26.1 Å². The first-order valence-corrected chi connectivity index (χ1v) is 11.2. The number of anilines is 1. The number of carbonyl (C=O) groups is 1. The van der Waals surface area contributed by atoms with Gasteiger partial charge in [0.1, 0.15) is 23.4 Å². The van der Waals surface area contributed by atoms with E-state index in [9.17, 15) is 9.59 Å². The van der Waals surface area contributed by atoms with Gasteiger partial charge in [0, 0.05) is 25.5 Å². The highest BCUT2D eigenvalue weighted by Gasteiger charge is 2.35. The summed E-state index contributed by atoms with van der Waals surface area (Å²) in [7, 11) is 1.57. The Kier molecular flexibility index (Phi) is 6.42. The second-order valence-electron chi connectivity index (χ2n) is 7.96. The van der Waals surface area contributed by atoms with Crippen LogP contribution in [0.4, 0.5) is 5.69 Å². The largest absolute Gasteiger partial charge is 0.497 e. The second kappa shape index (κ2) is 9.27. The standard InChI is InChI=1S/C25H26ClN3O4/c1-5-29-24(19-11-10-17(32-4)13-20(19)26)27-14(2)22(25(29)31)28-23-18-9-7-6-8-16(18)12-21(23)33-15(3)30/h6-11,13,21,23,28H,5,12H2,1-4H3/t21-,23+/m0/s1. The Hall–Kier alpha value is -3.32. The van der Waals surface area contributed by atoms with Crippen molar-refractivity contribution in [2.24, 2.45) is 0 Å². The van der Waals surface area contributed by atoms with E-state index in [0.717, 1.165) is 11.1 Å². The minimum absolute atomic E-state index is 0.210. The fourth-order valence-electron chi connectivity index (χ4n) is 4.34. The van der Waals surface area contributed by atoms with E-state index in [0.29, 0.717) is 46.5 Å². The molecule has 1 heterocycles. The number of hydrogen-bond donors (Lipinski definition) is 1. The van der Waals surface area contributed by atoms with E-state index in [-0.39, 0.29) is 17.6 Å². The van der Waals surface area contributed by atoms with Crippen LogP contribution in [-0.4, -0.2) is 28.7 Å². The lowest BCUT2D eigenvalue weighted by Crippen LogP contribution is -2.32. The Labute approximate surface area is 197 Å². The molecule has 0 saturated heterocycles. The highest BCUT2D eigenvalue weighted by molar-refractivity contribution is 6.33. The first-order valence-electron chi connectivity index (χ1n) is 10.8. The van der Waals surface area contributed by atoms with Crippen molar-refractivity contribution < 1.29 is 14.3 Å². The molecule has 3 aromatic rings. The van der Waals surface area contributed by atoms with Crippen molar-refractivity contribution in [3.8, 4) is 17.1 Å². The average molecular weight is 468 g/mol. The van der Waals surface area contributed by atoms with Crippen LogP contribution in [0.1, 0.15) is 36.7 Å². The van der Waals surface area contributed by atoms with E-state index in [1.165, 1.54) is 6.92 Å². The summed E-state index contributed by atoms with van der Waals surface area (Å²) < 4.78 is 12.4. The van der Waals surface area contributed by atoms with Crippen molar-refractivity contribution in [3.05, 3.63) is 74.7 Å². The monoisotopic (exact) mass is 467 g/mol. The number of aryl methyl sites for hydroxylation is 1. The molecule has 7 nitrogen and oxygen atoms in total. The summed E-state index contributed by atoms with van der Waals surface area (Å²) in [5.74, 6) is 0.757. The van der Waals surface area contributed by atoms with Gasteiger partial charge in [-0.1, -0.05) is 35.9 Å². The number of carbonyl (C=O) groups excluding carboxylic acids is 1. The summed E-state index contributed by atoms with van der Waals surface area (Å²) in [5.41, 5.74) is 3.45. The summed E-state index contributed by atoms with van der Waals surface area (Å²) in [6.45, 7) is 5.47. The zero-order chi connectivity index (χ0) is 23.7. The topological polar surface area (TPSA) is 82.4 Å². The normalized spacial score (nSPS) is 16.9. The number of ether oxygens (including phenoxy) is 2. The number of methoxy groups -OCH3 is 1. The quantitative estimate of drug-likeness (QED) is 0.536. The third-order valence-corrected chi connectivity index (χ3v) is 6.20. The molecule has 1 aliphatic rings. The number of hydrogen-bond acceptors (Lipinski definition) is 6. The zero-order valence-corrected chi connectivity index (χ0v) is 19.8. The third-order valence-electron chi connectivity index (χ3n) is 5.88. The van der Waals surface area contributed by atoms with Crippen molar-refractivity contribution in [1.29, 1.82) is 0 Å². The number of esters is 1. The van der Waals surface area contributed by atoms with Crippen molar-refractivity contribution >= 4 is 23.3 Å². The molecule has 1 aliphatic carbocycles. The lowest BCUT2D eigenvalue weighted by molar-refractivity contribution is -0.146. The molecule has 0 radical (unpaired) electrons. The Balaban J connectivity index is 1.78. The molecule has 1 aromatic heterocycles. The maximum absolute atomic E-state index is 13.6. The van der Waals surface area contributed by atoms with Crippen LogP contribution in [-0.2, 0) is 22.5 Å². The first-order chi connectivity index (χ1) is 15.8. The van der Waals surface area contributed by atoms with E-state index in [1.807, 2.05) is 31.2 Å². The first kappa shape index (κ1) is 22.9. The van der Waals surface area contributed by atoms with Crippen LogP contribution < -0.4 is 15.6 Å². The van der Waals surface area contributed by atoms with Crippen LogP contribution in [0.3, 0.4) is 0 Å². The number of halogens is 1. The molecule has 0 unspecified atom stereocenters. The van der Waals surface area contributed by atoms with Crippen LogP contribution in [0.2, 0.25) is 5.02 Å². The Morgan fingerprint density at radius 3 is 2.70 bits per heavy atom.